The van der Waals surface area contributed by atoms with Crippen LogP contribution in [-0.4, -0.2) is 25.7 Å². The van der Waals surface area contributed by atoms with Crippen LogP contribution in [0.5, 0.6) is 0 Å². The SMILES string of the molecule is CCCNCCNC1CCCC1. The first-order valence-electron chi connectivity index (χ1n) is 5.37. The van der Waals surface area contributed by atoms with Crippen molar-refractivity contribution in [3.8, 4) is 0 Å². The van der Waals surface area contributed by atoms with E-state index in [0.717, 1.165) is 25.7 Å². The van der Waals surface area contributed by atoms with E-state index in [2.05, 4.69) is 17.6 Å². The number of rotatable bonds is 6. The molecule has 0 aromatic carbocycles. The van der Waals surface area contributed by atoms with Gasteiger partial charge in [0.25, 0.3) is 0 Å². The summed E-state index contributed by atoms with van der Waals surface area (Å²) in [4.78, 5) is 0. The Kier molecular flexibility index (Phi) is 5.37. The van der Waals surface area contributed by atoms with Gasteiger partial charge in [-0.05, 0) is 25.8 Å². The zero-order valence-corrected chi connectivity index (χ0v) is 8.23. The van der Waals surface area contributed by atoms with Gasteiger partial charge >= 0.3 is 0 Å². The van der Waals surface area contributed by atoms with Crippen LogP contribution in [0.3, 0.4) is 0 Å². The first-order valence-corrected chi connectivity index (χ1v) is 5.37. The summed E-state index contributed by atoms with van der Waals surface area (Å²) in [6, 6.07) is 0.827. The average Bonchev–Trinajstić information content (AvgIpc) is 2.57. The lowest BCUT2D eigenvalue weighted by Crippen LogP contribution is -2.33. The molecule has 12 heavy (non-hydrogen) atoms. The molecule has 0 saturated heterocycles. The summed E-state index contributed by atoms with van der Waals surface area (Å²) in [5.74, 6) is 0. The zero-order valence-electron chi connectivity index (χ0n) is 8.23. The van der Waals surface area contributed by atoms with E-state index >= 15 is 0 Å². The first kappa shape index (κ1) is 10.0. The van der Waals surface area contributed by atoms with Gasteiger partial charge in [-0.1, -0.05) is 19.8 Å². The summed E-state index contributed by atoms with van der Waals surface area (Å²) in [6.07, 6.45) is 6.89. The number of hydrogen-bond donors (Lipinski definition) is 2. The maximum absolute atomic E-state index is 3.58. The monoisotopic (exact) mass is 170 g/mol. The molecule has 1 saturated carbocycles. The van der Waals surface area contributed by atoms with Gasteiger partial charge < -0.3 is 10.6 Å². The average molecular weight is 170 g/mol. The Balaban J connectivity index is 1.81. The molecule has 0 aromatic rings. The van der Waals surface area contributed by atoms with Crippen molar-refractivity contribution in [1.82, 2.24) is 10.6 Å². The second kappa shape index (κ2) is 6.44. The third kappa shape index (κ3) is 4.07. The van der Waals surface area contributed by atoms with Crippen LogP contribution < -0.4 is 10.6 Å². The Bertz CT molecular complexity index is 98.0. The van der Waals surface area contributed by atoms with Gasteiger partial charge in [0.1, 0.15) is 0 Å². The van der Waals surface area contributed by atoms with Gasteiger partial charge in [0.05, 0.1) is 0 Å². The summed E-state index contributed by atoms with van der Waals surface area (Å²) in [5, 5.41) is 6.97. The lowest BCUT2D eigenvalue weighted by Gasteiger charge is -2.11. The minimum atomic E-state index is 0.827. The summed E-state index contributed by atoms with van der Waals surface area (Å²) in [6.45, 7) is 5.64. The Morgan fingerprint density at radius 3 is 2.50 bits per heavy atom. The second-order valence-corrected chi connectivity index (χ2v) is 3.69. The molecule has 0 aliphatic heterocycles. The third-order valence-electron chi connectivity index (χ3n) is 2.52. The Labute approximate surface area is 76.1 Å². The maximum Gasteiger partial charge on any atom is 0.00793 e. The lowest BCUT2D eigenvalue weighted by atomic mass is 10.2. The Morgan fingerprint density at radius 2 is 1.83 bits per heavy atom. The van der Waals surface area contributed by atoms with Crippen molar-refractivity contribution < 1.29 is 0 Å². The number of hydrogen-bond acceptors (Lipinski definition) is 2. The highest BCUT2D eigenvalue weighted by atomic mass is 15.0. The van der Waals surface area contributed by atoms with Crippen LogP contribution in [0.15, 0.2) is 0 Å². The molecule has 0 atom stereocenters. The van der Waals surface area contributed by atoms with Gasteiger partial charge in [-0.25, -0.2) is 0 Å². The van der Waals surface area contributed by atoms with E-state index in [9.17, 15) is 0 Å². The molecular formula is C10H22N2. The quantitative estimate of drug-likeness (QED) is 0.591. The Morgan fingerprint density at radius 1 is 1.08 bits per heavy atom. The van der Waals surface area contributed by atoms with Crippen LogP contribution in [0.4, 0.5) is 0 Å². The molecule has 0 spiro atoms. The van der Waals surface area contributed by atoms with Crippen LogP contribution in [0.1, 0.15) is 39.0 Å². The highest BCUT2D eigenvalue weighted by molar-refractivity contribution is 4.73. The van der Waals surface area contributed by atoms with E-state index in [1.54, 1.807) is 0 Å². The van der Waals surface area contributed by atoms with E-state index in [-0.39, 0.29) is 0 Å². The van der Waals surface area contributed by atoms with Crippen molar-refractivity contribution in [1.29, 1.82) is 0 Å². The summed E-state index contributed by atoms with van der Waals surface area (Å²) >= 11 is 0. The van der Waals surface area contributed by atoms with Gasteiger partial charge in [-0.2, -0.15) is 0 Å². The molecular weight excluding hydrogens is 148 g/mol. The van der Waals surface area contributed by atoms with Crippen molar-refractivity contribution in [3.63, 3.8) is 0 Å². The fourth-order valence-corrected chi connectivity index (χ4v) is 1.80. The molecule has 2 nitrogen and oxygen atoms in total. The van der Waals surface area contributed by atoms with Crippen LogP contribution >= 0.6 is 0 Å². The maximum atomic E-state index is 3.58. The standard InChI is InChI=1S/C10H22N2/c1-2-7-11-8-9-12-10-5-3-4-6-10/h10-12H,2-9H2,1H3. The molecule has 0 aromatic heterocycles. The van der Waals surface area contributed by atoms with Crippen molar-refractivity contribution in [2.75, 3.05) is 19.6 Å². The van der Waals surface area contributed by atoms with E-state index in [0.29, 0.717) is 0 Å². The highest BCUT2D eigenvalue weighted by Gasteiger charge is 2.12. The van der Waals surface area contributed by atoms with Crippen LogP contribution in [0, 0.1) is 0 Å². The molecule has 2 N–H and O–H groups in total. The van der Waals surface area contributed by atoms with E-state index < -0.39 is 0 Å². The number of nitrogens with one attached hydrogen (secondary N) is 2. The molecule has 1 aliphatic carbocycles. The van der Waals surface area contributed by atoms with E-state index in [1.807, 2.05) is 0 Å². The fraction of sp³-hybridized carbons (Fsp3) is 1.00. The third-order valence-corrected chi connectivity index (χ3v) is 2.52. The largest absolute Gasteiger partial charge is 0.315 e. The lowest BCUT2D eigenvalue weighted by molar-refractivity contribution is 0.509. The Hall–Kier alpha value is -0.0800. The topological polar surface area (TPSA) is 24.1 Å². The first-order chi connectivity index (χ1) is 5.93. The van der Waals surface area contributed by atoms with Crippen LogP contribution in [0.2, 0.25) is 0 Å². The van der Waals surface area contributed by atoms with Crippen molar-refractivity contribution in [2.45, 2.75) is 45.1 Å². The molecule has 0 radical (unpaired) electrons. The normalized spacial score (nSPS) is 18.8. The van der Waals surface area contributed by atoms with Crippen molar-refractivity contribution in [2.24, 2.45) is 0 Å². The van der Waals surface area contributed by atoms with Gasteiger partial charge in [0.15, 0.2) is 0 Å². The molecule has 1 rings (SSSR count). The fourth-order valence-electron chi connectivity index (χ4n) is 1.80. The van der Waals surface area contributed by atoms with Crippen LogP contribution in [0.25, 0.3) is 0 Å². The minimum Gasteiger partial charge on any atom is -0.315 e. The molecule has 0 amide bonds. The molecule has 2 heteroatoms. The molecule has 0 bridgehead atoms. The van der Waals surface area contributed by atoms with Gasteiger partial charge in [0.2, 0.25) is 0 Å². The zero-order chi connectivity index (χ0) is 8.65. The molecule has 1 fully saturated rings. The van der Waals surface area contributed by atoms with Crippen molar-refractivity contribution in [3.05, 3.63) is 0 Å². The summed E-state index contributed by atoms with van der Waals surface area (Å²) in [7, 11) is 0. The molecule has 0 unspecified atom stereocenters. The molecule has 0 heterocycles. The molecule has 72 valence electrons. The minimum absolute atomic E-state index is 0.827. The van der Waals surface area contributed by atoms with Gasteiger partial charge in [-0.15, -0.1) is 0 Å². The second-order valence-electron chi connectivity index (χ2n) is 3.69. The van der Waals surface area contributed by atoms with Crippen LogP contribution in [-0.2, 0) is 0 Å². The summed E-state index contributed by atoms with van der Waals surface area (Å²) in [5.41, 5.74) is 0. The van der Waals surface area contributed by atoms with Gasteiger partial charge in [0, 0.05) is 19.1 Å². The molecule has 1 aliphatic rings. The predicted octanol–water partition coefficient (Wildman–Crippen LogP) is 1.52. The highest BCUT2D eigenvalue weighted by Crippen LogP contribution is 2.16. The van der Waals surface area contributed by atoms with E-state index in [1.165, 1.54) is 32.1 Å². The van der Waals surface area contributed by atoms with Gasteiger partial charge in [-0.3, -0.25) is 0 Å². The summed E-state index contributed by atoms with van der Waals surface area (Å²) < 4.78 is 0. The smallest absolute Gasteiger partial charge is 0.00793 e. The van der Waals surface area contributed by atoms with E-state index in [4.69, 9.17) is 0 Å². The van der Waals surface area contributed by atoms with Crippen molar-refractivity contribution >= 4 is 0 Å². The predicted molar refractivity (Wildman–Crippen MR) is 53.4 cm³/mol.